The molecule has 188 valence electrons. The second-order valence-electron chi connectivity index (χ2n) is 8.06. The number of aryl methyl sites for hydroxylation is 1. The predicted molar refractivity (Wildman–Crippen MR) is 141 cm³/mol. The zero-order chi connectivity index (χ0) is 26.2. The van der Waals surface area contributed by atoms with Gasteiger partial charge in [0.2, 0.25) is 0 Å². The predicted octanol–water partition coefficient (Wildman–Crippen LogP) is 4.91. The highest BCUT2D eigenvalue weighted by Crippen LogP contribution is 2.30. The zero-order valence-corrected chi connectivity index (χ0v) is 20.7. The number of rotatable bonds is 9. The van der Waals surface area contributed by atoms with Crippen molar-refractivity contribution in [1.82, 2.24) is 5.43 Å². The topological polar surface area (TPSA) is 95.5 Å². The Hall–Kier alpha value is -4.85. The van der Waals surface area contributed by atoms with Crippen molar-refractivity contribution >= 4 is 28.9 Å². The van der Waals surface area contributed by atoms with Crippen LogP contribution in [-0.4, -0.2) is 38.9 Å². The molecule has 0 bridgehead atoms. The van der Waals surface area contributed by atoms with E-state index in [1.54, 1.807) is 30.3 Å². The van der Waals surface area contributed by atoms with Gasteiger partial charge in [-0.25, -0.2) is 10.2 Å². The van der Waals surface area contributed by atoms with Crippen LogP contribution in [0.3, 0.4) is 0 Å². The fraction of sp³-hybridized carbons (Fsp3) is 0.138. The maximum atomic E-state index is 12.9. The number of ether oxygens (including phenoxy) is 4. The lowest BCUT2D eigenvalue weighted by molar-refractivity contribution is -0.123. The van der Waals surface area contributed by atoms with Crippen molar-refractivity contribution in [2.75, 3.05) is 20.8 Å². The quantitative estimate of drug-likeness (QED) is 0.152. The number of hydrazone groups is 1. The number of hydrogen-bond donors (Lipinski definition) is 1. The molecule has 37 heavy (non-hydrogen) atoms. The molecule has 8 nitrogen and oxygen atoms in total. The summed E-state index contributed by atoms with van der Waals surface area (Å²) in [7, 11) is 3.01. The van der Waals surface area contributed by atoms with Crippen molar-refractivity contribution in [2.24, 2.45) is 5.10 Å². The van der Waals surface area contributed by atoms with Gasteiger partial charge in [-0.2, -0.15) is 5.10 Å². The Morgan fingerprint density at radius 1 is 0.865 bits per heavy atom. The first-order chi connectivity index (χ1) is 18.0. The normalized spacial score (nSPS) is 10.8. The number of fused-ring (bicyclic) bond motifs is 1. The molecule has 4 aromatic carbocycles. The maximum absolute atomic E-state index is 12.9. The molecule has 1 N–H and O–H groups in total. The summed E-state index contributed by atoms with van der Waals surface area (Å²) in [5, 5.41) is 5.80. The molecule has 8 heteroatoms. The van der Waals surface area contributed by atoms with Gasteiger partial charge in [-0.3, -0.25) is 4.79 Å². The van der Waals surface area contributed by atoms with Gasteiger partial charge in [0.05, 0.1) is 26.0 Å². The van der Waals surface area contributed by atoms with Gasteiger partial charge in [0, 0.05) is 5.56 Å². The number of esters is 1. The molecule has 0 radical (unpaired) electrons. The van der Waals surface area contributed by atoms with Crippen molar-refractivity contribution in [1.29, 1.82) is 0 Å². The molecule has 0 fully saturated rings. The molecule has 4 aromatic rings. The molecule has 0 aliphatic heterocycles. The van der Waals surface area contributed by atoms with E-state index in [0.717, 1.165) is 16.3 Å². The Kier molecular flexibility index (Phi) is 8.00. The van der Waals surface area contributed by atoms with Crippen molar-refractivity contribution in [3.8, 4) is 23.0 Å². The first kappa shape index (κ1) is 25.2. The molecular formula is C29H26N2O6. The van der Waals surface area contributed by atoms with Crippen LogP contribution in [0.4, 0.5) is 0 Å². The highest BCUT2D eigenvalue weighted by atomic mass is 16.5. The molecule has 0 saturated heterocycles. The van der Waals surface area contributed by atoms with Crippen LogP contribution in [-0.2, 0) is 4.79 Å². The van der Waals surface area contributed by atoms with Gasteiger partial charge >= 0.3 is 5.97 Å². The Morgan fingerprint density at radius 2 is 1.65 bits per heavy atom. The number of methoxy groups -OCH3 is 2. The summed E-state index contributed by atoms with van der Waals surface area (Å²) >= 11 is 0. The standard InChI is InChI=1S/C29H26N2O6/c1-19-7-6-9-22(15-19)36-18-28(32)31-30-17-24-23-10-5-4-8-20(23)11-13-25(24)37-29(33)21-12-14-26(34-2)27(16-21)35-3/h4-17H,18H2,1-3H3,(H,31,32)/b30-17+. The Labute approximate surface area is 214 Å². The average Bonchev–Trinajstić information content (AvgIpc) is 2.92. The van der Waals surface area contributed by atoms with Crippen LogP contribution in [0.25, 0.3) is 10.8 Å². The number of carbonyl (C=O) groups is 2. The number of benzene rings is 4. The van der Waals surface area contributed by atoms with E-state index >= 15 is 0 Å². The van der Waals surface area contributed by atoms with Crippen LogP contribution in [0.5, 0.6) is 23.0 Å². The maximum Gasteiger partial charge on any atom is 0.343 e. The van der Waals surface area contributed by atoms with Crippen LogP contribution in [0.2, 0.25) is 0 Å². The summed E-state index contributed by atoms with van der Waals surface area (Å²) < 4.78 is 21.7. The first-order valence-electron chi connectivity index (χ1n) is 11.5. The minimum atomic E-state index is -0.582. The van der Waals surface area contributed by atoms with E-state index in [-0.39, 0.29) is 17.9 Å². The number of nitrogens with zero attached hydrogens (tertiary/aromatic N) is 1. The molecule has 1 amide bonds. The fourth-order valence-corrected chi connectivity index (χ4v) is 3.67. The lowest BCUT2D eigenvalue weighted by Gasteiger charge is -2.12. The molecule has 0 saturated carbocycles. The van der Waals surface area contributed by atoms with E-state index in [4.69, 9.17) is 18.9 Å². The van der Waals surface area contributed by atoms with Crippen LogP contribution in [0, 0.1) is 6.92 Å². The van der Waals surface area contributed by atoms with Crippen LogP contribution >= 0.6 is 0 Å². The number of carbonyl (C=O) groups excluding carboxylic acids is 2. The van der Waals surface area contributed by atoms with Gasteiger partial charge in [-0.05, 0) is 59.7 Å². The molecule has 0 aliphatic carbocycles. The molecule has 0 spiro atoms. The van der Waals surface area contributed by atoms with Gasteiger partial charge in [-0.15, -0.1) is 0 Å². The van der Waals surface area contributed by atoms with Gasteiger partial charge in [-0.1, -0.05) is 42.5 Å². The van der Waals surface area contributed by atoms with E-state index in [9.17, 15) is 9.59 Å². The largest absolute Gasteiger partial charge is 0.493 e. The molecule has 0 atom stereocenters. The van der Waals surface area contributed by atoms with E-state index in [2.05, 4.69) is 10.5 Å². The van der Waals surface area contributed by atoms with E-state index in [1.165, 1.54) is 20.4 Å². The Morgan fingerprint density at radius 3 is 2.43 bits per heavy atom. The highest BCUT2D eigenvalue weighted by Gasteiger charge is 2.16. The monoisotopic (exact) mass is 498 g/mol. The van der Waals surface area contributed by atoms with Crippen LogP contribution in [0.15, 0.2) is 84.0 Å². The lowest BCUT2D eigenvalue weighted by Crippen LogP contribution is -2.24. The highest BCUT2D eigenvalue weighted by molar-refractivity contribution is 6.04. The molecule has 0 aromatic heterocycles. The van der Waals surface area contributed by atoms with E-state index < -0.39 is 11.9 Å². The first-order valence-corrected chi connectivity index (χ1v) is 11.5. The summed E-state index contributed by atoms with van der Waals surface area (Å²) in [6.07, 6.45) is 1.45. The van der Waals surface area contributed by atoms with Crippen LogP contribution in [0.1, 0.15) is 21.5 Å². The second kappa shape index (κ2) is 11.7. The Balaban J connectivity index is 1.52. The van der Waals surface area contributed by atoms with Crippen molar-refractivity contribution in [3.63, 3.8) is 0 Å². The van der Waals surface area contributed by atoms with Gasteiger partial charge in [0.1, 0.15) is 11.5 Å². The van der Waals surface area contributed by atoms with Crippen LogP contribution < -0.4 is 24.4 Å². The second-order valence-corrected chi connectivity index (χ2v) is 8.06. The third-order valence-electron chi connectivity index (χ3n) is 5.49. The summed E-state index contributed by atoms with van der Waals surface area (Å²) in [4.78, 5) is 25.2. The summed E-state index contributed by atoms with van der Waals surface area (Å²) in [5.74, 6) is 0.779. The van der Waals surface area contributed by atoms with E-state index in [0.29, 0.717) is 22.8 Å². The molecule has 4 rings (SSSR count). The average molecular weight is 499 g/mol. The van der Waals surface area contributed by atoms with Gasteiger partial charge in [0.25, 0.3) is 5.91 Å². The van der Waals surface area contributed by atoms with E-state index in [1.807, 2.05) is 55.5 Å². The summed E-state index contributed by atoms with van der Waals surface area (Å²) in [6.45, 7) is 1.74. The number of hydrogen-bond acceptors (Lipinski definition) is 7. The third kappa shape index (κ3) is 6.24. The lowest BCUT2D eigenvalue weighted by atomic mass is 10.0. The van der Waals surface area contributed by atoms with Crippen molar-refractivity contribution < 1.29 is 28.5 Å². The summed E-state index contributed by atoms with van der Waals surface area (Å²) in [5.41, 5.74) is 4.31. The zero-order valence-electron chi connectivity index (χ0n) is 20.7. The summed E-state index contributed by atoms with van der Waals surface area (Å²) in [6, 6.07) is 23.3. The number of amides is 1. The van der Waals surface area contributed by atoms with Crippen molar-refractivity contribution in [2.45, 2.75) is 6.92 Å². The molecule has 0 heterocycles. The SMILES string of the molecule is COc1ccc(C(=O)Oc2ccc3ccccc3c2/C=N/NC(=O)COc2cccc(C)c2)cc1OC. The van der Waals surface area contributed by atoms with Crippen molar-refractivity contribution in [3.05, 3.63) is 95.6 Å². The number of nitrogens with one attached hydrogen (secondary N) is 1. The molecule has 0 aliphatic rings. The Bertz CT molecular complexity index is 1460. The molecule has 0 unspecified atom stereocenters. The van der Waals surface area contributed by atoms with Gasteiger partial charge < -0.3 is 18.9 Å². The molecular weight excluding hydrogens is 472 g/mol. The third-order valence-corrected chi connectivity index (χ3v) is 5.49. The minimum absolute atomic E-state index is 0.197. The fourth-order valence-electron chi connectivity index (χ4n) is 3.67. The smallest absolute Gasteiger partial charge is 0.343 e. The minimum Gasteiger partial charge on any atom is -0.493 e. The van der Waals surface area contributed by atoms with Gasteiger partial charge in [0.15, 0.2) is 18.1 Å².